The molecule has 0 amide bonds. The van der Waals surface area contributed by atoms with Crippen molar-refractivity contribution in [2.45, 2.75) is 69.2 Å². The number of guanidine groups is 1. The summed E-state index contributed by atoms with van der Waals surface area (Å²) in [7, 11) is 3.70. The van der Waals surface area contributed by atoms with Gasteiger partial charge in [0.15, 0.2) is 5.78 Å². The van der Waals surface area contributed by atoms with Crippen molar-refractivity contribution in [2.24, 2.45) is 5.73 Å². The number of fused-ring (bicyclic) bond motifs is 4. The SMILES string of the molecule is Brc1cccc(-c2cn3ccccc3n2)c1.CC.CC.CC.CC.CC.CN(C)C=[C-]C(=O)c1c(-c2cccc(Br)c2)nc2ccccn12.N=C([NH-])N.Nc1ccccn1.O=C(CBr)c1cccc(Br)c1.[CH2-]C(=O)c1c(-c2cccc(Br)c2)nc2ccccn12.[NH-]c1nc[c-]c(-c2c(-c3cccc(Br)c3)nc3ccccn23)n1.[W].[W].[W].[Y].[Y]. The zero-order valence-corrected chi connectivity index (χ0v) is 91.1. The smallest absolute Gasteiger partial charge is 0.173 e. The summed E-state index contributed by atoms with van der Waals surface area (Å²) in [6, 6.07) is 70.5. The Kier molecular flexibility index (Phi) is 60.3. The summed E-state index contributed by atoms with van der Waals surface area (Å²) < 4.78 is 12.4. The molecule has 0 aliphatic heterocycles. The fourth-order valence-corrected chi connectivity index (χ4v) is 12.1. The Balaban J connectivity index is 0. The van der Waals surface area contributed by atoms with E-state index in [0.717, 1.165) is 89.9 Å². The Morgan fingerprint density at radius 2 is 0.915 bits per heavy atom. The maximum Gasteiger partial charge on any atom is 0.173 e. The predicted octanol–water partition coefficient (Wildman–Crippen LogP) is 24.8. The van der Waals surface area contributed by atoms with Gasteiger partial charge in [0.05, 0.1) is 11.0 Å². The van der Waals surface area contributed by atoms with E-state index in [9.17, 15) is 14.4 Å². The number of alkyl halides is 1. The number of nitrogens with zero attached hydrogens (tertiary/aromatic N) is 12. The van der Waals surface area contributed by atoms with E-state index in [1.165, 1.54) is 6.20 Å². The summed E-state index contributed by atoms with van der Waals surface area (Å²) >= 11 is 20.3. The first kappa shape index (κ1) is 114. The summed E-state index contributed by atoms with van der Waals surface area (Å²) in [6.45, 7) is 23.5. The molecule has 31 heteroatoms. The van der Waals surface area contributed by atoms with Gasteiger partial charge in [0.1, 0.15) is 28.4 Å². The number of Topliss-reactive ketones (excluding diaryl/α,β-unsaturated/α-hetero) is 3. The van der Waals surface area contributed by atoms with Crippen LogP contribution < -0.4 is 11.5 Å². The van der Waals surface area contributed by atoms with E-state index < -0.39 is 5.96 Å². The number of halogens is 6. The van der Waals surface area contributed by atoms with Crippen LogP contribution in [-0.4, -0.2) is 100 Å². The molecule has 20 nitrogen and oxygen atoms in total. The first-order chi connectivity index (χ1) is 54.6. The molecule has 0 saturated heterocycles. The second-order valence-electron chi connectivity index (χ2n) is 21.8. The monoisotopic (exact) mass is 2620 g/mol. The van der Waals surface area contributed by atoms with Gasteiger partial charge in [-0.1, -0.05) is 268 Å². The van der Waals surface area contributed by atoms with Crippen molar-refractivity contribution in [3.8, 4) is 56.4 Å². The Bertz CT molecular complexity index is 5470. The van der Waals surface area contributed by atoms with Crippen LogP contribution in [0.1, 0.15) is 101 Å². The molecule has 118 heavy (non-hydrogen) atoms. The largest absolute Gasteiger partial charge is 0.454 e. The molecular formula is C87H90Br6N17O3W3Y2-5. The van der Waals surface area contributed by atoms with Gasteiger partial charge in [-0.2, -0.15) is 18.7 Å². The number of imidazole rings is 4. The Labute approximate surface area is 836 Å². The zero-order chi connectivity index (χ0) is 83.5. The quantitative estimate of drug-likeness (QED) is 0.0271. The molecule has 0 bridgehead atoms. The summed E-state index contributed by atoms with van der Waals surface area (Å²) in [5.74, 6) is -0.389. The third kappa shape index (κ3) is 36.3. The van der Waals surface area contributed by atoms with Crippen LogP contribution >= 0.6 is 95.6 Å². The van der Waals surface area contributed by atoms with Crippen molar-refractivity contribution in [3.05, 3.63) is 332 Å². The normalized spacial score (nSPS) is 9.41. The van der Waals surface area contributed by atoms with Crippen molar-refractivity contribution in [3.63, 3.8) is 0 Å². The fourth-order valence-electron chi connectivity index (χ4n) is 9.74. The van der Waals surface area contributed by atoms with Crippen LogP contribution in [0.5, 0.6) is 0 Å². The molecule has 0 fully saturated rings. The summed E-state index contributed by atoms with van der Waals surface area (Å²) in [5.41, 5.74) is 36.6. The van der Waals surface area contributed by atoms with Crippen LogP contribution in [0.15, 0.2) is 284 Å². The van der Waals surface area contributed by atoms with E-state index in [2.05, 4.69) is 162 Å². The number of allylic oxidation sites excluding steroid dienone is 1. The number of ketones is 3. The first-order valence-corrected chi connectivity index (χ1v) is 40.8. The number of anilines is 1. The number of pyridine rings is 5. The summed E-state index contributed by atoms with van der Waals surface area (Å²) in [6.07, 6.45) is 17.2. The Morgan fingerprint density at radius 1 is 0.517 bits per heavy atom. The van der Waals surface area contributed by atoms with Crippen molar-refractivity contribution >= 4 is 153 Å². The number of nitrogen functional groups attached to an aromatic ring is 1. The van der Waals surface area contributed by atoms with Crippen LogP contribution in [0.2, 0.25) is 0 Å². The molecule has 0 unspecified atom stereocenters. The summed E-state index contributed by atoms with van der Waals surface area (Å²) in [4.78, 5) is 67.6. The third-order valence-electron chi connectivity index (χ3n) is 14.1. The number of aromatic nitrogens is 11. The third-order valence-corrected chi connectivity index (χ3v) is 17.1. The number of hydrogen-bond donors (Lipinski definition) is 3. The second-order valence-corrected chi connectivity index (χ2v) is 26.9. The minimum Gasteiger partial charge on any atom is -0.454 e. The molecule has 2 radical (unpaired) electrons. The van der Waals surface area contributed by atoms with E-state index in [-0.39, 0.29) is 152 Å². The number of nitrogens with one attached hydrogen (secondary N) is 3. The predicted molar refractivity (Wildman–Crippen MR) is 487 cm³/mol. The number of carbonyl (C=O) groups excluding carboxylic acids is 3. The molecule has 0 aliphatic rings. The number of nitrogens with two attached hydrogens (primary N) is 2. The first-order valence-electron chi connectivity index (χ1n) is 35.7. The number of hydrogen-bond acceptors (Lipinski definition) is 13. The van der Waals surface area contributed by atoms with E-state index in [4.69, 9.17) is 27.6 Å². The van der Waals surface area contributed by atoms with Crippen LogP contribution in [0, 0.1) is 24.5 Å². The molecule has 10 aromatic heterocycles. The van der Waals surface area contributed by atoms with Gasteiger partial charge in [-0.25, -0.2) is 31.0 Å². The standard InChI is InChI=1S/C18H15BrN3O.C17H10BrN5.C15H10BrN2O.C13H9BrN2.C8H6Br2O.C5H6N2.5C2H6.CH4N3.3W.2Y/c1-21(2)11-9-15(23)18-17(13-6-5-7-14(19)12-13)20-16-8-3-4-10-22(16)18;18-12-5-3-4-11(10-12)15-16(13-7-8-20-17(19)21-13)23-9-2-1-6-14(23)22-15;1-10(19)15-14(11-5-4-6-12(16)9-11)17-13-7-2-3-8-18(13)15;14-11-5-3-4-10(8-11)12-9-16-7-2-1-6-13(16)15-12;9-5-8(11)6-2-1-3-7(10)4-6;6-5-3-1-2-4-7-5;5*1-2;2-1(3)4;;;;;/h3-8,10-12H,1-2H3;1-6,8-10H,(H-,19,20,21);2-9H,1H2;1-9H;1-4H,5H2;1-4H,(H2,6,7);5*1-2H3;(H4-,2,3,4);;;;;/q-1;-2;-1;;;;;;;;;-1;;;;;. The molecular weight excluding hydrogens is 2540 g/mol. The molecule has 0 aliphatic carbocycles. The average molecular weight is 2630 g/mol. The van der Waals surface area contributed by atoms with E-state index in [1.807, 2.05) is 311 Å². The van der Waals surface area contributed by atoms with Crippen molar-refractivity contribution in [2.75, 3.05) is 25.2 Å². The second kappa shape index (κ2) is 62.6. The van der Waals surface area contributed by atoms with Gasteiger partial charge in [-0.05, 0) is 174 Å². The van der Waals surface area contributed by atoms with Crippen molar-refractivity contribution in [1.29, 1.82) is 5.41 Å². The van der Waals surface area contributed by atoms with Gasteiger partial charge in [-0.15, -0.1) is 6.20 Å². The maximum absolute atomic E-state index is 12.7. The van der Waals surface area contributed by atoms with E-state index >= 15 is 0 Å². The van der Waals surface area contributed by atoms with E-state index in [0.29, 0.717) is 39.6 Å². The van der Waals surface area contributed by atoms with Gasteiger partial charge in [0.2, 0.25) is 0 Å². The van der Waals surface area contributed by atoms with Crippen LogP contribution in [-0.2, 0) is 129 Å². The number of rotatable bonds is 11. The minimum absolute atomic E-state index is 0. The van der Waals surface area contributed by atoms with Crippen LogP contribution in [0.3, 0.4) is 0 Å². The molecule has 0 spiro atoms. The topological polar surface area (TPSA) is 286 Å². The molecule has 15 aromatic rings. The molecule has 0 atom stereocenters. The molecule has 10 heterocycles. The fraction of sp³-hybridized carbons (Fsp3) is 0.149. The average Bonchev–Trinajstić information content (AvgIpc) is 1.59. The van der Waals surface area contributed by atoms with Gasteiger partial charge in [-0.3, -0.25) is 4.79 Å². The molecule has 0 saturated carbocycles. The Morgan fingerprint density at radius 3 is 1.33 bits per heavy atom. The minimum atomic E-state index is -0.583. The number of carbonyl (C=O) groups is 3. The molecule has 612 valence electrons. The van der Waals surface area contributed by atoms with Gasteiger partial charge in [0, 0.05) is 229 Å². The van der Waals surface area contributed by atoms with Gasteiger partial charge < -0.3 is 70.4 Å². The Hall–Kier alpha value is -6.47. The van der Waals surface area contributed by atoms with Crippen LogP contribution in [0.4, 0.5) is 11.8 Å². The zero-order valence-electron chi connectivity index (χ0n) is 67.1. The van der Waals surface area contributed by atoms with Crippen molar-refractivity contribution in [1.82, 2.24) is 57.4 Å². The molecule has 5 aromatic carbocycles. The number of benzene rings is 5. The maximum atomic E-state index is 12.7. The summed E-state index contributed by atoms with van der Waals surface area (Å²) in [5, 5.41) is 6.32. The molecule has 7 N–H and O–H groups in total. The van der Waals surface area contributed by atoms with E-state index in [1.54, 1.807) is 38.2 Å². The van der Waals surface area contributed by atoms with Gasteiger partial charge in [0.25, 0.3) is 0 Å². The van der Waals surface area contributed by atoms with Crippen LogP contribution in [0.25, 0.3) is 90.5 Å². The molecule has 15 rings (SSSR count). The van der Waals surface area contributed by atoms with Crippen molar-refractivity contribution < 1.29 is 143 Å². The van der Waals surface area contributed by atoms with Gasteiger partial charge >= 0.3 is 0 Å².